The minimum Gasteiger partial charge on any atom is -0.296 e. The lowest BCUT2D eigenvalue weighted by Crippen LogP contribution is -2.17. The van der Waals surface area contributed by atoms with Crippen LogP contribution < -0.4 is 5.32 Å². The van der Waals surface area contributed by atoms with Gasteiger partial charge in [-0.25, -0.2) is 4.98 Å². The zero-order chi connectivity index (χ0) is 14.7. The van der Waals surface area contributed by atoms with Crippen molar-refractivity contribution in [1.82, 2.24) is 19.7 Å². The van der Waals surface area contributed by atoms with E-state index in [1.807, 2.05) is 24.4 Å². The van der Waals surface area contributed by atoms with E-state index in [9.17, 15) is 4.79 Å². The molecule has 0 saturated heterocycles. The summed E-state index contributed by atoms with van der Waals surface area (Å²) in [6.45, 7) is 2.59. The normalized spacial score (nSPS) is 10.5. The van der Waals surface area contributed by atoms with E-state index in [0.717, 1.165) is 11.3 Å². The van der Waals surface area contributed by atoms with Gasteiger partial charge in [-0.1, -0.05) is 0 Å². The number of hydrogen-bond donors (Lipinski definition) is 1. The largest absolute Gasteiger partial charge is 0.296 e. The molecule has 7 heteroatoms. The first kappa shape index (κ1) is 13.4. The summed E-state index contributed by atoms with van der Waals surface area (Å²) < 4.78 is 1.64. The third kappa shape index (κ3) is 2.82. The van der Waals surface area contributed by atoms with Gasteiger partial charge >= 0.3 is 0 Å². The van der Waals surface area contributed by atoms with E-state index in [4.69, 9.17) is 0 Å². The Morgan fingerprint density at radius 1 is 1.38 bits per heavy atom. The molecule has 0 bridgehead atoms. The average molecular weight is 299 g/mol. The van der Waals surface area contributed by atoms with Gasteiger partial charge in [-0.15, -0.1) is 11.3 Å². The molecule has 3 rings (SSSR count). The van der Waals surface area contributed by atoms with Crippen LogP contribution in [0.3, 0.4) is 0 Å². The van der Waals surface area contributed by atoms with E-state index >= 15 is 0 Å². The smallest absolute Gasteiger partial charge is 0.275 e. The number of amides is 1. The van der Waals surface area contributed by atoms with Crippen molar-refractivity contribution in [3.8, 4) is 11.3 Å². The van der Waals surface area contributed by atoms with Gasteiger partial charge in [-0.05, 0) is 25.1 Å². The lowest BCUT2D eigenvalue weighted by atomic mass is 10.2. The first-order valence-corrected chi connectivity index (χ1v) is 7.35. The van der Waals surface area contributed by atoms with Crippen LogP contribution in [0.15, 0.2) is 42.2 Å². The monoisotopic (exact) mass is 299 g/mol. The first-order valence-electron chi connectivity index (χ1n) is 6.47. The molecule has 0 aliphatic rings. The van der Waals surface area contributed by atoms with Gasteiger partial charge < -0.3 is 0 Å². The molecule has 0 spiro atoms. The van der Waals surface area contributed by atoms with Gasteiger partial charge in [0.05, 0.1) is 5.69 Å². The lowest BCUT2D eigenvalue weighted by Gasteiger charge is -2.03. The maximum absolute atomic E-state index is 12.2. The Morgan fingerprint density at radius 3 is 3.05 bits per heavy atom. The predicted molar refractivity (Wildman–Crippen MR) is 81.2 cm³/mol. The number of rotatable bonds is 4. The maximum Gasteiger partial charge on any atom is 0.275 e. The second-order valence-corrected chi connectivity index (χ2v) is 5.12. The van der Waals surface area contributed by atoms with E-state index in [1.54, 1.807) is 29.3 Å². The van der Waals surface area contributed by atoms with Gasteiger partial charge in [-0.3, -0.25) is 19.8 Å². The van der Waals surface area contributed by atoms with Crippen LogP contribution in [0.2, 0.25) is 0 Å². The summed E-state index contributed by atoms with van der Waals surface area (Å²) in [6, 6.07) is 5.47. The summed E-state index contributed by atoms with van der Waals surface area (Å²) >= 11 is 1.38. The molecule has 21 heavy (non-hydrogen) atoms. The van der Waals surface area contributed by atoms with Crippen LogP contribution in [0, 0.1) is 0 Å². The number of hydrogen-bond acceptors (Lipinski definition) is 5. The molecule has 0 atom stereocenters. The number of thiazole rings is 1. The topological polar surface area (TPSA) is 72.7 Å². The van der Waals surface area contributed by atoms with Gasteiger partial charge in [0.2, 0.25) is 0 Å². The van der Waals surface area contributed by atoms with Crippen molar-refractivity contribution < 1.29 is 4.79 Å². The first-order chi connectivity index (χ1) is 10.3. The molecule has 3 aromatic heterocycles. The third-order valence-electron chi connectivity index (χ3n) is 2.93. The van der Waals surface area contributed by atoms with Crippen molar-refractivity contribution in [3.63, 3.8) is 0 Å². The zero-order valence-electron chi connectivity index (χ0n) is 11.4. The van der Waals surface area contributed by atoms with E-state index in [0.29, 0.717) is 17.4 Å². The van der Waals surface area contributed by atoms with E-state index in [1.165, 1.54) is 11.3 Å². The van der Waals surface area contributed by atoms with Crippen LogP contribution in [-0.2, 0) is 6.54 Å². The molecular formula is C14H13N5OS. The van der Waals surface area contributed by atoms with Crippen LogP contribution >= 0.6 is 11.3 Å². The molecule has 0 fully saturated rings. The van der Waals surface area contributed by atoms with Crippen LogP contribution in [0.1, 0.15) is 17.4 Å². The second kappa shape index (κ2) is 5.84. The Balaban J connectivity index is 1.77. The highest BCUT2D eigenvalue weighted by Crippen LogP contribution is 2.24. The van der Waals surface area contributed by atoms with Crippen molar-refractivity contribution >= 4 is 22.4 Å². The maximum atomic E-state index is 12.2. The standard InChI is InChI=1S/C14H13N5OS/c1-2-19-12(5-7-16-19)13(20)18-14-17-11(9-21-14)10-4-3-6-15-8-10/h3-9H,2H2,1H3,(H,17,18,20). The Bertz CT molecular complexity index is 750. The molecule has 0 aromatic carbocycles. The SMILES string of the molecule is CCn1nccc1C(=O)Nc1nc(-c2cccnc2)cs1. The molecule has 0 saturated carbocycles. The van der Waals surface area contributed by atoms with Gasteiger partial charge in [0, 0.05) is 36.1 Å². The van der Waals surface area contributed by atoms with Gasteiger partial charge in [-0.2, -0.15) is 5.10 Å². The number of nitrogens with one attached hydrogen (secondary N) is 1. The van der Waals surface area contributed by atoms with Gasteiger partial charge in [0.15, 0.2) is 5.13 Å². The summed E-state index contributed by atoms with van der Waals surface area (Å²) in [6.07, 6.45) is 5.07. The molecule has 1 amide bonds. The van der Waals surface area contributed by atoms with Crippen molar-refractivity contribution in [3.05, 3.63) is 47.9 Å². The number of aromatic nitrogens is 4. The van der Waals surface area contributed by atoms with Crippen LogP contribution in [0.25, 0.3) is 11.3 Å². The summed E-state index contributed by atoms with van der Waals surface area (Å²) in [5.41, 5.74) is 2.25. The number of carbonyl (C=O) groups excluding carboxylic acids is 1. The molecule has 0 radical (unpaired) electrons. The quantitative estimate of drug-likeness (QED) is 0.804. The summed E-state index contributed by atoms with van der Waals surface area (Å²) in [4.78, 5) is 20.6. The molecule has 6 nitrogen and oxygen atoms in total. The van der Waals surface area contributed by atoms with Crippen molar-refractivity contribution in [2.75, 3.05) is 5.32 Å². The van der Waals surface area contributed by atoms with E-state index in [2.05, 4.69) is 20.4 Å². The number of anilines is 1. The fraction of sp³-hybridized carbons (Fsp3) is 0.143. The second-order valence-electron chi connectivity index (χ2n) is 4.27. The fourth-order valence-corrected chi connectivity index (χ4v) is 2.63. The third-order valence-corrected chi connectivity index (χ3v) is 3.69. The Morgan fingerprint density at radius 2 is 2.29 bits per heavy atom. The van der Waals surface area contributed by atoms with Gasteiger partial charge in [0.25, 0.3) is 5.91 Å². The van der Waals surface area contributed by atoms with Crippen molar-refractivity contribution in [2.45, 2.75) is 13.5 Å². The van der Waals surface area contributed by atoms with Crippen LogP contribution in [0.4, 0.5) is 5.13 Å². The molecule has 0 unspecified atom stereocenters. The molecule has 0 aliphatic carbocycles. The zero-order valence-corrected chi connectivity index (χ0v) is 12.2. The molecule has 1 N–H and O–H groups in total. The molecule has 0 aliphatic heterocycles. The predicted octanol–water partition coefficient (Wildman–Crippen LogP) is 2.67. The molecular weight excluding hydrogens is 286 g/mol. The van der Waals surface area contributed by atoms with E-state index < -0.39 is 0 Å². The van der Waals surface area contributed by atoms with E-state index in [-0.39, 0.29) is 5.91 Å². The summed E-state index contributed by atoms with van der Waals surface area (Å²) in [5, 5.41) is 9.33. The van der Waals surface area contributed by atoms with Crippen molar-refractivity contribution in [2.24, 2.45) is 0 Å². The lowest BCUT2D eigenvalue weighted by molar-refractivity contribution is 0.101. The molecule has 106 valence electrons. The average Bonchev–Trinajstić information content (AvgIpc) is 3.16. The highest BCUT2D eigenvalue weighted by molar-refractivity contribution is 7.14. The number of aryl methyl sites for hydroxylation is 1. The number of carbonyl (C=O) groups is 1. The Labute approximate surface area is 125 Å². The van der Waals surface area contributed by atoms with Crippen LogP contribution in [-0.4, -0.2) is 25.7 Å². The Kier molecular flexibility index (Phi) is 3.74. The summed E-state index contributed by atoms with van der Waals surface area (Å²) in [7, 11) is 0. The highest BCUT2D eigenvalue weighted by Gasteiger charge is 2.13. The van der Waals surface area contributed by atoms with Gasteiger partial charge in [0.1, 0.15) is 5.69 Å². The minimum absolute atomic E-state index is 0.207. The highest BCUT2D eigenvalue weighted by atomic mass is 32.1. The fourth-order valence-electron chi connectivity index (χ4n) is 1.92. The molecule has 3 aromatic rings. The minimum atomic E-state index is -0.207. The Hall–Kier alpha value is -2.54. The molecule has 3 heterocycles. The van der Waals surface area contributed by atoms with Crippen molar-refractivity contribution in [1.29, 1.82) is 0 Å². The number of nitrogens with zero attached hydrogens (tertiary/aromatic N) is 4. The number of pyridine rings is 1. The summed E-state index contributed by atoms with van der Waals surface area (Å²) in [5.74, 6) is -0.207. The van der Waals surface area contributed by atoms with Crippen LogP contribution in [0.5, 0.6) is 0 Å².